The van der Waals surface area contributed by atoms with E-state index in [2.05, 4.69) is 26.1 Å². The third-order valence-corrected chi connectivity index (χ3v) is 3.16. The van der Waals surface area contributed by atoms with Crippen molar-refractivity contribution in [1.82, 2.24) is 10.2 Å². The first kappa shape index (κ1) is 15.7. The van der Waals surface area contributed by atoms with Crippen LogP contribution < -0.4 is 5.32 Å². The van der Waals surface area contributed by atoms with Gasteiger partial charge in [0.25, 0.3) is 0 Å². The summed E-state index contributed by atoms with van der Waals surface area (Å²) >= 11 is 0. The van der Waals surface area contributed by atoms with Gasteiger partial charge in [0.1, 0.15) is 0 Å². The molecule has 0 bridgehead atoms. The Kier molecular flexibility index (Phi) is 7.00. The van der Waals surface area contributed by atoms with Crippen LogP contribution in [0.2, 0.25) is 0 Å². The number of hydrogen-bond donors (Lipinski definition) is 1. The van der Waals surface area contributed by atoms with Crippen molar-refractivity contribution in [1.29, 1.82) is 0 Å². The molecule has 1 heterocycles. The first-order chi connectivity index (χ1) is 7.14. The summed E-state index contributed by atoms with van der Waals surface area (Å²) in [7, 11) is 0. The maximum absolute atomic E-state index is 12.3. The van der Waals surface area contributed by atoms with Gasteiger partial charge in [-0.3, -0.25) is 4.79 Å². The van der Waals surface area contributed by atoms with Gasteiger partial charge in [-0.05, 0) is 32.7 Å². The second-order valence-electron chi connectivity index (χ2n) is 4.78. The molecule has 0 aromatic carbocycles. The predicted octanol–water partition coefficient (Wildman–Crippen LogP) is 2.06. The molecule has 0 spiro atoms. The van der Waals surface area contributed by atoms with Gasteiger partial charge in [0.15, 0.2) is 0 Å². The molecule has 1 N–H and O–H groups in total. The molecule has 4 heteroatoms. The number of nitrogens with one attached hydrogen (secondary N) is 1. The predicted molar refractivity (Wildman–Crippen MR) is 70.0 cm³/mol. The molecule has 1 fully saturated rings. The van der Waals surface area contributed by atoms with Gasteiger partial charge >= 0.3 is 0 Å². The fraction of sp³-hybridized carbons (Fsp3) is 0.917. The van der Waals surface area contributed by atoms with Crippen LogP contribution in [0.25, 0.3) is 0 Å². The van der Waals surface area contributed by atoms with E-state index < -0.39 is 0 Å². The van der Waals surface area contributed by atoms with Crippen LogP contribution in [0.5, 0.6) is 0 Å². The molecular weight excluding hydrogens is 224 g/mol. The minimum absolute atomic E-state index is 0. The Morgan fingerprint density at radius 2 is 1.88 bits per heavy atom. The van der Waals surface area contributed by atoms with Crippen LogP contribution in [-0.4, -0.2) is 37.0 Å². The molecule has 1 unspecified atom stereocenters. The highest BCUT2D eigenvalue weighted by Gasteiger charge is 2.38. The average Bonchev–Trinajstić information content (AvgIpc) is 2.65. The summed E-state index contributed by atoms with van der Waals surface area (Å²) in [5, 5.41) is 3.29. The molecule has 0 aliphatic carbocycles. The molecule has 1 rings (SSSR count). The summed E-state index contributed by atoms with van der Waals surface area (Å²) in [6.07, 6.45) is 3.08. The maximum atomic E-state index is 12.3. The van der Waals surface area contributed by atoms with Gasteiger partial charge in [0.2, 0.25) is 5.91 Å². The van der Waals surface area contributed by atoms with Gasteiger partial charge in [-0.2, -0.15) is 0 Å². The van der Waals surface area contributed by atoms with Gasteiger partial charge in [-0.15, -0.1) is 12.4 Å². The zero-order valence-corrected chi connectivity index (χ0v) is 11.5. The Morgan fingerprint density at radius 3 is 2.25 bits per heavy atom. The lowest BCUT2D eigenvalue weighted by molar-refractivity contribution is -0.140. The van der Waals surface area contributed by atoms with Crippen LogP contribution in [0.15, 0.2) is 0 Å². The number of rotatable bonds is 5. The lowest BCUT2D eigenvalue weighted by atomic mass is 9.88. The van der Waals surface area contributed by atoms with Crippen LogP contribution in [0.3, 0.4) is 0 Å². The molecule has 1 amide bonds. The van der Waals surface area contributed by atoms with Crippen LogP contribution in [0.1, 0.15) is 40.0 Å². The monoisotopic (exact) mass is 248 g/mol. The van der Waals surface area contributed by atoms with Gasteiger partial charge in [-0.1, -0.05) is 13.8 Å². The molecule has 0 saturated carbocycles. The zero-order valence-electron chi connectivity index (χ0n) is 10.7. The number of carbonyl (C=O) groups is 1. The van der Waals surface area contributed by atoms with Gasteiger partial charge in [-0.25, -0.2) is 0 Å². The van der Waals surface area contributed by atoms with E-state index in [1.165, 1.54) is 0 Å². The van der Waals surface area contributed by atoms with Crippen LogP contribution in [0.4, 0.5) is 0 Å². The first-order valence-electron chi connectivity index (χ1n) is 6.14. The Labute approximate surface area is 105 Å². The van der Waals surface area contributed by atoms with E-state index in [-0.39, 0.29) is 17.8 Å². The summed E-state index contributed by atoms with van der Waals surface area (Å²) in [4.78, 5) is 14.4. The smallest absolute Gasteiger partial charge is 0.229 e. The molecule has 3 nitrogen and oxygen atoms in total. The maximum Gasteiger partial charge on any atom is 0.229 e. The number of carbonyl (C=O) groups excluding carboxylic acids is 1. The zero-order chi connectivity index (χ0) is 11.3. The van der Waals surface area contributed by atoms with Crippen LogP contribution in [0, 0.1) is 5.41 Å². The normalized spacial score (nSPS) is 23.9. The van der Waals surface area contributed by atoms with E-state index in [9.17, 15) is 4.79 Å². The molecular formula is C12H25ClN2O. The standard InChI is InChI=1S/C12H24N2O.ClH/c1-4-8-14(9-5-2)11(15)12(3)6-7-13-10-12;/h13H,4-10H2,1-3H3;1H. The van der Waals surface area contributed by atoms with Crippen molar-refractivity contribution in [3.63, 3.8) is 0 Å². The van der Waals surface area contributed by atoms with E-state index in [1.54, 1.807) is 0 Å². The van der Waals surface area contributed by atoms with Crippen molar-refractivity contribution in [2.24, 2.45) is 5.41 Å². The molecule has 0 aromatic rings. The molecule has 1 aliphatic rings. The topological polar surface area (TPSA) is 32.3 Å². The van der Waals surface area contributed by atoms with Crippen LogP contribution in [-0.2, 0) is 4.79 Å². The Morgan fingerprint density at radius 1 is 1.31 bits per heavy atom. The quantitative estimate of drug-likeness (QED) is 0.808. The van der Waals surface area contributed by atoms with Gasteiger partial charge in [0, 0.05) is 19.6 Å². The summed E-state index contributed by atoms with van der Waals surface area (Å²) < 4.78 is 0. The lowest BCUT2D eigenvalue weighted by Gasteiger charge is -2.30. The highest BCUT2D eigenvalue weighted by molar-refractivity contribution is 5.85. The van der Waals surface area contributed by atoms with Gasteiger partial charge < -0.3 is 10.2 Å². The molecule has 16 heavy (non-hydrogen) atoms. The molecule has 0 radical (unpaired) electrons. The molecule has 96 valence electrons. The van der Waals surface area contributed by atoms with E-state index >= 15 is 0 Å². The summed E-state index contributed by atoms with van der Waals surface area (Å²) in [6.45, 7) is 9.98. The van der Waals surface area contributed by atoms with Crippen molar-refractivity contribution in [3.8, 4) is 0 Å². The van der Waals surface area contributed by atoms with Crippen molar-refractivity contribution < 1.29 is 4.79 Å². The van der Waals surface area contributed by atoms with Crippen molar-refractivity contribution >= 4 is 18.3 Å². The summed E-state index contributed by atoms with van der Waals surface area (Å²) in [6, 6.07) is 0. The second kappa shape index (κ2) is 7.13. The van der Waals surface area contributed by atoms with Crippen molar-refractivity contribution in [2.45, 2.75) is 40.0 Å². The summed E-state index contributed by atoms with van der Waals surface area (Å²) in [5.74, 6) is 0.344. The summed E-state index contributed by atoms with van der Waals surface area (Å²) in [5.41, 5.74) is -0.148. The fourth-order valence-corrected chi connectivity index (χ4v) is 2.24. The van der Waals surface area contributed by atoms with Gasteiger partial charge in [0.05, 0.1) is 5.41 Å². The lowest BCUT2D eigenvalue weighted by Crippen LogP contribution is -2.44. The van der Waals surface area contributed by atoms with E-state index in [1.807, 2.05) is 4.90 Å². The third kappa shape index (κ3) is 3.63. The molecule has 1 aliphatic heterocycles. The minimum atomic E-state index is -0.148. The largest absolute Gasteiger partial charge is 0.342 e. The average molecular weight is 249 g/mol. The molecule has 1 saturated heterocycles. The SMILES string of the molecule is CCCN(CCC)C(=O)C1(C)CCNC1.Cl. The molecule has 0 aromatic heterocycles. The van der Waals surface area contributed by atoms with Crippen LogP contribution >= 0.6 is 12.4 Å². The van der Waals surface area contributed by atoms with E-state index in [0.717, 1.165) is 45.4 Å². The number of nitrogens with zero attached hydrogens (tertiary/aromatic N) is 1. The second-order valence-corrected chi connectivity index (χ2v) is 4.78. The third-order valence-electron chi connectivity index (χ3n) is 3.16. The van der Waals surface area contributed by atoms with Crippen molar-refractivity contribution in [3.05, 3.63) is 0 Å². The van der Waals surface area contributed by atoms with E-state index in [4.69, 9.17) is 0 Å². The first-order valence-corrected chi connectivity index (χ1v) is 6.14. The van der Waals surface area contributed by atoms with E-state index in [0.29, 0.717) is 5.91 Å². The van der Waals surface area contributed by atoms with Crippen molar-refractivity contribution in [2.75, 3.05) is 26.2 Å². The molecule has 1 atom stereocenters. The Balaban J connectivity index is 0.00000225. The highest BCUT2D eigenvalue weighted by atomic mass is 35.5. The fourth-order valence-electron chi connectivity index (χ4n) is 2.24. The highest BCUT2D eigenvalue weighted by Crippen LogP contribution is 2.27. The number of hydrogen-bond acceptors (Lipinski definition) is 2. The minimum Gasteiger partial charge on any atom is -0.342 e. The Hall–Kier alpha value is -0.280. The number of amides is 1. The Bertz CT molecular complexity index is 209. The number of halogens is 1.